The number of hydrogen-bond acceptors (Lipinski definition) is 3. The molecule has 18 heavy (non-hydrogen) atoms. The molecule has 0 aromatic rings. The lowest BCUT2D eigenvalue weighted by atomic mass is 10.1. The van der Waals surface area contributed by atoms with E-state index < -0.39 is 12.1 Å². The van der Waals surface area contributed by atoms with E-state index in [0.717, 1.165) is 13.0 Å². The van der Waals surface area contributed by atoms with Gasteiger partial charge in [-0.05, 0) is 13.3 Å². The molecule has 0 rings (SSSR count). The molecule has 6 nitrogen and oxygen atoms in total. The highest BCUT2D eigenvalue weighted by Gasteiger charge is 2.01. The van der Waals surface area contributed by atoms with Crippen LogP contribution in [0.2, 0.25) is 0 Å². The van der Waals surface area contributed by atoms with Gasteiger partial charge in [-0.3, -0.25) is 5.41 Å². The zero-order valence-corrected chi connectivity index (χ0v) is 11.4. The fourth-order valence-corrected chi connectivity index (χ4v) is 1.13. The molecule has 0 amide bonds. The SMILES string of the molecule is CC(O)C(=O)O.CCCCCCCCNC(=N)N. The van der Waals surface area contributed by atoms with Crippen molar-refractivity contribution in [2.45, 2.75) is 58.5 Å². The molecule has 0 aliphatic rings. The van der Waals surface area contributed by atoms with Crippen LogP contribution in [0.5, 0.6) is 0 Å². The quantitative estimate of drug-likeness (QED) is 0.256. The summed E-state index contributed by atoms with van der Waals surface area (Å²) in [6.45, 7) is 4.26. The highest BCUT2D eigenvalue weighted by atomic mass is 16.4. The number of aliphatic hydroxyl groups excluding tert-OH is 1. The largest absolute Gasteiger partial charge is 0.479 e. The molecule has 0 aromatic carbocycles. The number of carboxylic acids is 1. The number of carboxylic acid groups (broad SMARTS) is 1. The third kappa shape index (κ3) is 20.2. The van der Waals surface area contributed by atoms with Gasteiger partial charge in [0.2, 0.25) is 0 Å². The third-order valence-corrected chi connectivity index (χ3v) is 2.20. The molecule has 0 saturated heterocycles. The van der Waals surface area contributed by atoms with Crippen molar-refractivity contribution in [1.82, 2.24) is 5.32 Å². The van der Waals surface area contributed by atoms with Gasteiger partial charge in [-0.1, -0.05) is 39.0 Å². The van der Waals surface area contributed by atoms with E-state index >= 15 is 0 Å². The fraction of sp³-hybridized carbons (Fsp3) is 0.833. The Morgan fingerprint density at radius 1 is 1.28 bits per heavy atom. The van der Waals surface area contributed by atoms with Crippen LogP contribution < -0.4 is 11.1 Å². The van der Waals surface area contributed by atoms with E-state index in [1.807, 2.05) is 0 Å². The van der Waals surface area contributed by atoms with Crippen molar-refractivity contribution in [3.05, 3.63) is 0 Å². The lowest BCUT2D eigenvalue weighted by Gasteiger charge is -2.02. The minimum Gasteiger partial charge on any atom is -0.479 e. The lowest BCUT2D eigenvalue weighted by molar-refractivity contribution is -0.145. The number of hydrogen-bond donors (Lipinski definition) is 5. The van der Waals surface area contributed by atoms with Crippen LogP contribution in [0.4, 0.5) is 0 Å². The van der Waals surface area contributed by atoms with Crippen molar-refractivity contribution >= 4 is 11.9 Å². The summed E-state index contributed by atoms with van der Waals surface area (Å²) in [5.74, 6) is -1.10. The molecule has 0 aliphatic carbocycles. The van der Waals surface area contributed by atoms with Gasteiger partial charge in [0.05, 0.1) is 0 Å². The first-order valence-electron chi connectivity index (χ1n) is 6.40. The summed E-state index contributed by atoms with van der Waals surface area (Å²) in [4.78, 5) is 9.45. The molecule has 6 N–H and O–H groups in total. The maximum absolute atomic E-state index is 9.45. The van der Waals surface area contributed by atoms with E-state index in [9.17, 15) is 4.79 Å². The molecule has 0 saturated carbocycles. The molecule has 1 unspecified atom stereocenters. The number of nitrogens with two attached hydrogens (primary N) is 1. The van der Waals surface area contributed by atoms with Crippen LogP contribution in [0.25, 0.3) is 0 Å². The van der Waals surface area contributed by atoms with Crippen molar-refractivity contribution < 1.29 is 15.0 Å². The van der Waals surface area contributed by atoms with Crippen LogP contribution in [0.15, 0.2) is 0 Å². The van der Waals surface area contributed by atoms with Crippen molar-refractivity contribution in [2.24, 2.45) is 5.73 Å². The second-order valence-corrected chi connectivity index (χ2v) is 4.12. The predicted octanol–water partition coefficient (Wildman–Crippen LogP) is 1.28. The summed E-state index contributed by atoms with van der Waals surface area (Å²) in [6.07, 6.45) is 6.45. The number of rotatable bonds is 8. The Hall–Kier alpha value is -1.30. The van der Waals surface area contributed by atoms with Crippen molar-refractivity contribution in [3.8, 4) is 0 Å². The summed E-state index contributed by atoms with van der Waals surface area (Å²) in [5, 5.41) is 25.5. The minimum absolute atomic E-state index is 0.0866. The molecule has 1 atom stereocenters. The number of unbranched alkanes of at least 4 members (excludes halogenated alkanes) is 5. The Labute approximate surface area is 109 Å². The number of aliphatic hydroxyl groups is 1. The van der Waals surface area contributed by atoms with E-state index in [2.05, 4.69) is 12.2 Å². The fourth-order valence-electron chi connectivity index (χ4n) is 1.13. The van der Waals surface area contributed by atoms with Crippen LogP contribution >= 0.6 is 0 Å². The van der Waals surface area contributed by atoms with Crippen LogP contribution in [-0.2, 0) is 4.79 Å². The highest BCUT2D eigenvalue weighted by molar-refractivity contribution is 5.74. The average Bonchev–Trinajstić information content (AvgIpc) is 2.28. The molecule has 0 heterocycles. The maximum Gasteiger partial charge on any atom is 0.332 e. The van der Waals surface area contributed by atoms with E-state index in [4.69, 9.17) is 21.4 Å². The summed E-state index contributed by atoms with van der Waals surface area (Å²) in [6, 6.07) is 0. The summed E-state index contributed by atoms with van der Waals surface area (Å²) >= 11 is 0. The Morgan fingerprint density at radius 2 is 1.72 bits per heavy atom. The minimum atomic E-state index is -1.23. The topological polar surface area (TPSA) is 119 Å². The van der Waals surface area contributed by atoms with Gasteiger partial charge >= 0.3 is 5.97 Å². The van der Waals surface area contributed by atoms with Gasteiger partial charge in [0.1, 0.15) is 6.10 Å². The van der Waals surface area contributed by atoms with Gasteiger partial charge in [-0.15, -0.1) is 0 Å². The van der Waals surface area contributed by atoms with Gasteiger partial charge in [0.15, 0.2) is 5.96 Å². The molecule has 108 valence electrons. The number of aliphatic carboxylic acids is 1. The standard InChI is InChI=1S/C9H21N3.C3H6O3/c1-2-3-4-5-6-7-8-12-9(10)11;1-2(4)3(5)6/h2-8H2,1H3,(H4,10,11,12);2,4H,1H3,(H,5,6). The zero-order valence-electron chi connectivity index (χ0n) is 11.4. The van der Waals surface area contributed by atoms with E-state index in [1.54, 1.807) is 0 Å². The second-order valence-electron chi connectivity index (χ2n) is 4.12. The molecule has 0 radical (unpaired) electrons. The maximum atomic E-state index is 9.45. The Kier molecular flexibility index (Phi) is 14.6. The van der Waals surface area contributed by atoms with Gasteiger partial charge in [-0.2, -0.15) is 0 Å². The summed E-state index contributed by atoms with van der Waals surface area (Å²) < 4.78 is 0. The van der Waals surface area contributed by atoms with Gasteiger partial charge < -0.3 is 21.3 Å². The third-order valence-electron chi connectivity index (χ3n) is 2.20. The molecule has 0 bridgehead atoms. The van der Waals surface area contributed by atoms with Gasteiger partial charge in [0, 0.05) is 6.54 Å². The normalized spacial score (nSPS) is 11.1. The smallest absolute Gasteiger partial charge is 0.332 e. The lowest BCUT2D eigenvalue weighted by Crippen LogP contribution is -2.30. The molecule has 0 fully saturated rings. The molecular formula is C12H27N3O3. The van der Waals surface area contributed by atoms with Crippen LogP contribution in [0.1, 0.15) is 52.4 Å². The average molecular weight is 261 g/mol. The van der Waals surface area contributed by atoms with E-state index in [-0.39, 0.29) is 5.96 Å². The van der Waals surface area contributed by atoms with Crippen molar-refractivity contribution in [1.29, 1.82) is 5.41 Å². The first kappa shape index (κ1) is 19.0. The van der Waals surface area contributed by atoms with E-state index in [1.165, 1.54) is 39.0 Å². The van der Waals surface area contributed by atoms with Crippen LogP contribution in [0.3, 0.4) is 0 Å². The van der Waals surface area contributed by atoms with Gasteiger partial charge in [0.25, 0.3) is 0 Å². The van der Waals surface area contributed by atoms with Gasteiger partial charge in [-0.25, -0.2) is 4.79 Å². The number of guanidine groups is 1. The van der Waals surface area contributed by atoms with Crippen molar-refractivity contribution in [3.63, 3.8) is 0 Å². The van der Waals surface area contributed by atoms with E-state index in [0.29, 0.717) is 0 Å². The summed E-state index contributed by atoms with van der Waals surface area (Å²) in [7, 11) is 0. The number of carbonyl (C=O) groups is 1. The first-order chi connectivity index (χ1) is 8.41. The molecule has 0 aliphatic heterocycles. The molecule has 0 aromatic heterocycles. The predicted molar refractivity (Wildman–Crippen MR) is 72.6 cm³/mol. The monoisotopic (exact) mass is 261 g/mol. The van der Waals surface area contributed by atoms with Crippen LogP contribution in [-0.4, -0.2) is 34.8 Å². The summed E-state index contributed by atoms with van der Waals surface area (Å²) in [5.41, 5.74) is 5.13. The Morgan fingerprint density at radius 3 is 2.11 bits per heavy atom. The highest BCUT2D eigenvalue weighted by Crippen LogP contribution is 2.03. The van der Waals surface area contributed by atoms with Crippen LogP contribution in [0, 0.1) is 5.41 Å². The second kappa shape index (κ2) is 13.8. The number of nitrogens with one attached hydrogen (secondary N) is 2. The molecule has 0 spiro atoms. The Balaban J connectivity index is 0. The van der Waals surface area contributed by atoms with Crippen molar-refractivity contribution in [2.75, 3.05) is 6.54 Å². The first-order valence-corrected chi connectivity index (χ1v) is 6.40. The zero-order chi connectivity index (χ0) is 14.4. The molecular weight excluding hydrogens is 234 g/mol. The Bertz CT molecular complexity index is 221. The molecule has 6 heteroatoms.